The molecule has 2 aliphatic heterocycles. The molecule has 5 atom stereocenters. The Morgan fingerprint density at radius 1 is 1.04 bits per heavy atom. The van der Waals surface area contributed by atoms with Crippen molar-refractivity contribution in [2.45, 2.75) is 62.7 Å². The predicted molar refractivity (Wildman–Crippen MR) is 206 cm³/mol. The van der Waals surface area contributed by atoms with Crippen LogP contribution in [0.2, 0.25) is 0 Å². The highest BCUT2D eigenvalue weighted by molar-refractivity contribution is 5.82. The van der Waals surface area contributed by atoms with Crippen LogP contribution >= 0.6 is 0 Å². The van der Waals surface area contributed by atoms with Crippen LogP contribution in [0.5, 0.6) is 5.75 Å². The molecule has 2 amide bonds. The quantitative estimate of drug-likeness (QED) is 0.147. The second-order valence-electron chi connectivity index (χ2n) is 15.4. The number of pyridine rings is 1. The van der Waals surface area contributed by atoms with Gasteiger partial charge in [-0.25, -0.2) is 4.98 Å². The van der Waals surface area contributed by atoms with Gasteiger partial charge in [-0.3, -0.25) is 24.4 Å². The summed E-state index contributed by atoms with van der Waals surface area (Å²) in [6.45, 7) is 2.73. The molecule has 1 fully saturated rings. The Hall–Kier alpha value is -5.03. The lowest BCUT2D eigenvalue weighted by molar-refractivity contribution is -0.144. The third kappa shape index (κ3) is 10.3. The normalized spacial score (nSPS) is 20.2. The maximum atomic E-state index is 14.0. The van der Waals surface area contributed by atoms with E-state index in [1.54, 1.807) is 47.8 Å². The summed E-state index contributed by atoms with van der Waals surface area (Å²) in [5.74, 6) is -0.594. The number of amides is 2. The van der Waals surface area contributed by atoms with E-state index in [1.165, 1.54) is 0 Å². The largest absolute Gasteiger partial charge is 0.490 e. The van der Waals surface area contributed by atoms with E-state index in [-0.39, 0.29) is 45.0 Å². The smallest absolute Gasteiger partial charge is 0.405 e. The zero-order valence-electron chi connectivity index (χ0n) is 32.4. The number of piperazine rings is 1. The molecule has 0 aliphatic carbocycles. The molecule has 2 aliphatic rings. The number of hydrogen-bond acceptors (Lipinski definition) is 11. The summed E-state index contributed by atoms with van der Waals surface area (Å²) in [6.07, 6.45) is -1.54. The van der Waals surface area contributed by atoms with Gasteiger partial charge in [0.05, 0.1) is 35.8 Å². The maximum Gasteiger partial charge on any atom is 0.405 e. The summed E-state index contributed by atoms with van der Waals surface area (Å²) >= 11 is 0. The molecule has 2 aromatic heterocycles. The first-order valence-electron chi connectivity index (χ1n) is 18.9. The van der Waals surface area contributed by atoms with Crippen LogP contribution in [0.1, 0.15) is 43.3 Å². The van der Waals surface area contributed by atoms with E-state index in [2.05, 4.69) is 15.3 Å². The van der Waals surface area contributed by atoms with Gasteiger partial charge in [-0.15, -0.1) is 0 Å². The molecule has 1 saturated heterocycles. The molecular formula is C41H50F3N7O6. The summed E-state index contributed by atoms with van der Waals surface area (Å²) in [5, 5.41) is 27.4. The highest BCUT2D eigenvalue weighted by Gasteiger charge is 2.43. The van der Waals surface area contributed by atoms with E-state index < -0.39 is 54.4 Å². The summed E-state index contributed by atoms with van der Waals surface area (Å²) < 4.78 is 51.8. The fourth-order valence-corrected chi connectivity index (χ4v) is 7.38. The van der Waals surface area contributed by atoms with Crippen LogP contribution in [0, 0.1) is 5.92 Å². The standard InChI is InChI=1S/C41H50F3N7O6/c1-40(2,39-46-21-35(57-39)28-17-29(49(3)4)20-45-19-28)51-15-14-50(32(23-51)38(55)47-25-41(42,43)44)22-30(52)18-27(16-26-10-6-5-7-11-26)37(54)48-36-31-12-8-9-13-34(31)56-24-33(36)53/h5-13,17,19-21,27,30,32-33,36,52-53H,14-16,18,22-25H2,1-4H3,(H,47,55)(H,48,54)/t27?,30-,32-,33+,36-/m0/s1. The van der Waals surface area contributed by atoms with Crippen LogP contribution < -0.4 is 20.3 Å². The third-order valence-electron chi connectivity index (χ3n) is 10.6. The molecule has 6 rings (SSSR count). The number of carbonyl (C=O) groups excluding carboxylic acids is 2. The maximum absolute atomic E-state index is 14.0. The number of oxazole rings is 1. The molecule has 0 spiro atoms. The minimum absolute atomic E-state index is 0.00617. The third-order valence-corrected chi connectivity index (χ3v) is 10.6. The first kappa shape index (κ1) is 41.6. The van der Waals surface area contributed by atoms with Gasteiger partial charge in [-0.2, -0.15) is 13.2 Å². The number of nitrogens with one attached hydrogen (secondary N) is 2. The zero-order chi connectivity index (χ0) is 40.9. The number of halogens is 3. The lowest BCUT2D eigenvalue weighted by atomic mass is 9.90. The summed E-state index contributed by atoms with van der Waals surface area (Å²) in [4.78, 5) is 41.9. The number of aliphatic hydroxyl groups is 2. The van der Waals surface area contributed by atoms with Gasteiger partial charge in [0.15, 0.2) is 5.76 Å². The fraction of sp³-hybridized carbons (Fsp3) is 0.463. The van der Waals surface area contributed by atoms with Crippen molar-refractivity contribution in [2.75, 3.05) is 58.3 Å². The molecule has 57 heavy (non-hydrogen) atoms. The molecule has 306 valence electrons. The Bertz CT molecular complexity index is 1980. The first-order valence-corrected chi connectivity index (χ1v) is 18.9. The average Bonchev–Trinajstić information content (AvgIpc) is 3.70. The Morgan fingerprint density at radius 2 is 1.77 bits per heavy atom. The summed E-state index contributed by atoms with van der Waals surface area (Å²) in [7, 11) is 3.80. The number of aromatic nitrogens is 2. The van der Waals surface area contributed by atoms with Gasteiger partial charge in [0.1, 0.15) is 31.0 Å². The number of β-amino-alcohol motifs (C(OH)–C–C–N with tert-alkyl or cyclic N) is 1. The van der Waals surface area contributed by atoms with Gasteiger partial charge >= 0.3 is 6.18 Å². The molecule has 16 heteroatoms. The van der Waals surface area contributed by atoms with Gasteiger partial charge in [-0.05, 0) is 44.4 Å². The Kier molecular flexibility index (Phi) is 12.9. The predicted octanol–water partition coefficient (Wildman–Crippen LogP) is 3.92. The van der Waals surface area contributed by atoms with Crippen molar-refractivity contribution < 1.29 is 42.1 Å². The van der Waals surface area contributed by atoms with E-state index in [0.29, 0.717) is 35.1 Å². The van der Waals surface area contributed by atoms with E-state index >= 15 is 0 Å². The second kappa shape index (κ2) is 17.6. The summed E-state index contributed by atoms with van der Waals surface area (Å²) in [5.41, 5.74) is 2.19. The molecule has 13 nitrogen and oxygen atoms in total. The van der Waals surface area contributed by atoms with E-state index in [1.807, 2.05) is 79.5 Å². The van der Waals surface area contributed by atoms with Crippen molar-refractivity contribution in [2.24, 2.45) is 5.92 Å². The monoisotopic (exact) mass is 793 g/mol. The molecule has 4 heterocycles. The molecule has 4 aromatic rings. The van der Waals surface area contributed by atoms with Crippen LogP contribution in [0.15, 0.2) is 83.7 Å². The van der Waals surface area contributed by atoms with Crippen LogP contribution in [0.3, 0.4) is 0 Å². The van der Waals surface area contributed by atoms with Gasteiger partial charge in [0.2, 0.25) is 17.7 Å². The minimum Gasteiger partial charge on any atom is -0.490 e. The number of fused-ring (bicyclic) bond motifs is 1. The highest BCUT2D eigenvalue weighted by atomic mass is 19.4. The fourth-order valence-electron chi connectivity index (χ4n) is 7.38. The lowest BCUT2D eigenvalue weighted by Crippen LogP contribution is -2.63. The number of benzene rings is 2. The van der Waals surface area contributed by atoms with Gasteiger partial charge < -0.3 is 34.9 Å². The highest BCUT2D eigenvalue weighted by Crippen LogP contribution is 2.35. The molecule has 2 aromatic carbocycles. The summed E-state index contributed by atoms with van der Waals surface area (Å²) in [6, 6.07) is 16.5. The number of carbonyl (C=O) groups is 2. The van der Waals surface area contributed by atoms with E-state index in [4.69, 9.17) is 9.15 Å². The molecule has 4 N–H and O–H groups in total. The van der Waals surface area contributed by atoms with Crippen molar-refractivity contribution in [1.82, 2.24) is 30.4 Å². The molecule has 0 bridgehead atoms. The van der Waals surface area contributed by atoms with Gasteiger partial charge in [-0.1, -0.05) is 48.5 Å². The average molecular weight is 794 g/mol. The lowest BCUT2D eigenvalue weighted by Gasteiger charge is -2.46. The van der Waals surface area contributed by atoms with Crippen LogP contribution in [0.4, 0.5) is 18.9 Å². The molecule has 0 radical (unpaired) electrons. The van der Waals surface area contributed by atoms with E-state index in [0.717, 1.165) is 11.3 Å². The van der Waals surface area contributed by atoms with Crippen LogP contribution in [0.25, 0.3) is 11.3 Å². The van der Waals surface area contributed by atoms with Gasteiger partial charge in [0, 0.05) is 63.5 Å². The van der Waals surface area contributed by atoms with Crippen molar-refractivity contribution in [1.29, 1.82) is 0 Å². The molecule has 0 saturated carbocycles. The Morgan fingerprint density at radius 3 is 2.51 bits per heavy atom. The minimum atomic E-state index is -4.63. The van der Waals surface area contributed by atoms with E-state index in [9.17, 15) is 33.0 Å². The molecule has 1 unspecified atom stereocenters. The second-order valence-corrected chi connectivity index (χ2v) is 15.4. The number of hydrogen-bond donors (Lipinski definition) is 4. The van der Waals surface area contributed by atoms with Crippen LogP contribution in [-0.2, 0) is 21.5 Å². The number of aliphatic hydroxyl groups excluding tert-OH is 2. The van der Waals surface area contributed by atoms with Crippen LogP contribution in [-0.4, -0.2) is 120 Å². The number of ether oxygens (including phenoxy) is 1. The molecular weight excluding hydrogens is 743 g/mol. The van der Waals surface area contributed by atoms with Crippen molar-refractivity contribution in [3.05, 3.63) is 96.3 Å². The number of alkyl halides is 3. The Labute approximate surface area is 329 Å². The Balaban J connectivity index is 1.19. The SMILES string of the molecule is CN(C)c1cncc(-c2cnc(C(C)(C)N3CCN(C[C@@H](O)CC(Cc4ccccc4)C(=O)N[C@H]4c5ccccc5OC[C@H]4O)[C@H](C(=O)NCC(F)(F)F)C3)o2)c1. The zero-order valence-corrected chi connectivity index (χ0v) is 32.4. The van der Waals surface area contributed by atoms with Crippen molar-refractivity contribution in [3.63, 3.8) is 0 Å². The number of nitrogens with zero attached hydrogens (tertiary/aromatic N) is 5. The number of rotatable bonds is 14. The number of anilines is 1. The number of para-hydroxylation sites is 1. The van der Waals surface area contributed by atoms with Crippen molar-refractivity contribution in [3.8, 4) is 17.1 Å². The topological polar surface area (TPSA) is 157 Å². The van der Waals surface area contributed by atoms with Gasteiger partial charge in [0.25, 0.3) is 0 Å². The first-order chi connectivity index (χ1) is 27.1. The van der Waals surface area contributed by atoms with Crippen molar-refractivity contribution >= 4 is 17.5 Å².